The SMILES string of the molecule is CCOC(=O)c1csc(N2CCN(c3ccc(C(F)(F)F)cc3)CC2)n1. The molecule has 3 rings (SSSR count). The number of carbonyl (C=O) groups excluding carboxylic acids is 1. The van der Waals surface area contributed by atoms with Gasteiger partial charge in [-0.3, -0.25) is 0 Å². The summed E-state index contributed by atoms with van der Waals surface area (Å²) >= 11 is 1.38. The van der Waals surface area contributed by atoms with Crippen molar-refractivity contribution in [2.75, 3.05) is 42.6 Å². The van der Waals surface area contributed by atoms with Gasteiger partial charge in [0.25, 0.3) is 0 Å². The lowest BCUT2D eigenvalue weighted by Crippen LogP contribution is -2.46. The highest BCUT2D eigenvalue weighted by Gasteiger charge is 2.30. The summed E-state index contributed by atoms with van der Waals surface area (Å²) in [6, 6.07) is 5.21. The Morgan fingerprint density at radius 2 is 1.77 bits per heavy atom. The van der Waals surface area contributed by atoms with Crippen LogP contribution in [0.3, 0.4) is 0 Å². The van der Waals surface area contributed by atoms with E-state index in [2.05, 4.69) is 9.88 Å². The summed E-state index contributed by atoms with van der Waals surface area (Å²) in [5.41, 5.74) is 0.426. The quantitative estimate of drug-likeness (QED) is 0.752. The van der Waals surface area contributed by atoms with Crippen LogP contribution in [0.15, 0.2) is 29.6 Å². The molecule has 0 spiro atoms. The molecule has 1 aromatic heterocycles. The Kier molecular flexibility index (Phi) is 5.36. The fourth-order valence-corrected chi connectivity index (χ4v) is 3.57. The summed E-state index contributed by atoms with van der Waals surface area (Å²) < 4.78 is 42.9. The summed E-state index contributed by atoms with van der Waals surface area (Å²) in [6.45, 7) is 4.73. The van der Waals surface area contributed by atoms with Crippen molar-refractivity contribution in [3.05, 3.63) is 40.9 Å². The number of thiazole rings is 1. The number of esters is 1. The number of nitrogens with zero attached hydrogens (tertiary/aromatic N) is 3. The number of ether oxygens (including phenoxy) is 1. The van der Waals surface area contributed by atoms with E-state index in [1.54, 1.807) is 12.3 Å². The summed E-state index contributed by atoms with van der Waals surface area (Å²) in [4.78, 5) is 20.1. The topological polar surface area (TPSA) is 45.7 Å². The molecular formula is C17H18F3N3O2S. The van der Waals surface area contributed by atoms with Crippen LogP contribution in [0.2, 0.25) is 0 Å². The Balaban J connectivity index is 1.60. The molecule has 0 aliphatic carbocycles. The summed E-state index contributed by atoms with van der Waals surface area (Å²) in [5, 5.41) is 2.43. The minimum Gasteiger partial charge on any atom is -0.461 e. The van der Waals surface area contributed by atoms with Crippen molar-refractivity contribution in [2.24, 2.45) is 0 Å². The highest BCUT2D eigenvalue weighted by molar-refractivity contribution is 7.13. The van der Waals surface area contributed by atoms with Gasteiger partial charge in [-0.05, 0) is 31.2 Å². The standard InChI is InChI=1S/C17H18F3N3O2S/c1-2-25-15(24)14-11-26-16(21-14)23-9-7-22(8-10-23)13-5-3-12(4-6-13)17(18,19)20/h3-6,11H,2,7-10H2,1H3. The maximum Gasteiger partial charge on any atom is 0.416 e. The highest BCUT2D eigenvalue weighted by Crippen LogP contribution is 2.31. The van der Waals surface area contributed by atoms with Gasteiger partial charge in [-0.2, -0.15) is 13.2 Å². The zero-order chi connectivity index (χ0) is 18.7. The summed E-state index contributed by atoms with van der Waals surface area (Å²) in [5.74, 6) is -0.432. The molecule has 0 amide bonds. The minimum atomic E-state index is -4.32. The van der Waals surface area contributed by atoms with Gasteiger partial charge < -0.3 is 14.5 Å². The van der Waals surface area contributed by atoms with Gasteiger partial charge >= 0.3 is 12.1 Å². The van der Waals surface area contributed by atoms with Crippen LogP contribution in [0.1, 0.15) is 23.0 Å². The molecule has 1 aliphatic rings. The Bertz CT molecular complexity index is 753. The first-order valence-corrected chi connectivity index (χ1v) is 9.06. The van der Waals surface area contributed by atoms with Crippen molar-refractivity contribution in [1.29, 1.82) is 0 Å². The van der Waals surface area contributed by atoms with Gasteiger partial charge in [0.05, 0.1) is 12.2 Å². The second-order valence-electron chi connectivity index (χ2n) is 5.75. The van der Waals surface area contributed by atoms with Crippen LogP contribution in [-0.4, -0.2) is 43.7 Å². The van der Waals surface area contributed by atoms with Crippen molar-refractivity contribution in [2.45, 2.75) is 13.1 Å². The van der Waals surface area contributed by atoms with Gasteiger partial charge in [0, 0.05) is 37.2 Å². The van der Waals surface area contributed by atoms with E-state index in [4.69, 9.17) is 4.74 Å². The van der Waals surface area contributed by atoms with Crippen LogP contribution in [-0.2, 0) is 10.9 Å². The van der Waals surface area contributed by atoms with Crippen molar-refractivity contribution in [3.63, 3.8) is 0 Å². The normalized spacial score (nSPS) is 15.2. The molecule has 2 heterocycles. The summed E-state index contributed by atoms with van der Waals surface area (Å²) in [7, 11) is 0. The molecule has 5 nitrogen and oxygen atoms in total. The van der Waals surface area contributed by atoms with E-state index in [1.807, 2.05) is 4.90 Å². The lowest BCUT2D eigenvalue weighted by molar-refractivity contribution is -0.137. The van der Waals surface area contributed by atoms with Gasteiger partial charge in [0.15, 0.2) is 10.8 Å². The Morgan fingerprint density at radius 1 is 1.15 bits per heavy atom. The lowest BCUT2D eigenvalue weighted by atomic mass is 10.1. The lowest BCUT2D eigenvalue weighted by Gasteiger charge is -2.36. The minimum absolute atomic E-state index is 0.303. The average Bonchev–Trinajstić information content (AvgIpc) is 3.12. The van der Waals surface area contributed by atoms with E-state index >= 15 is 0 Å². The van der Waals surface area contributed by atoms with Crippen LogP contribution in [0.4, 0.5) is 24.0 Å². The number of piperazine rings is 1. The van der Waals surface area contributed by atoms with Gasteiger partial charge in [-0.15, -0.1) is 11.3 Å². The molecule has 0 radical (unpaired) electrons. The van der Waals surface area contributed by atoms with Crippen molar-refractivity contribution in [1.82, 2.24) is 4.98 Å². The van der Waals surface area contributed by atoms with Crippen LogP contribution >= 0.6 is 11.3 Å². The number of hydrogen-bond acceptors (Lipinski definition) is 6. The number of carbonyl (C=O) groups is 1. The Labute approximate surface area is 153 Å². The molecule has 0 unspecified atom stereocenters. The van der Waals surface area contributed by atoms with Crippen molar-refractivity contribution in [3.8, 4) is 0 Å². The number of halogens is 3. The number of alkyl halides is 3. The molecule has 0 saturated carbocycles. The third-order valence-electron chi connectivity index (χ3n) is 4.09. The molecule has 9 heteroatoms. The van der Waals surface area contributed by atoms with Gasteiger partial charge in [-0.25, -0.2) is 9.78 Å². The molecule has 1 aromatic carbocycles. The maximum atomic E-state index is 12.6. The second kappa shape index (κ2) is 7.53. The predicted molar refractivity (Wildman–Crippen MR) is 93.9 cm³/mol. The number of anilines is 2. The summed E-state index contributed by atoms with van der Waals surface area (Å²) in [6.07, 6.45) is -4.32. The van der Waals surface area contributed by atoms with Crippen molar-refractivity contribution >= 4 is 28.1 Å². The Hall–Kier alpha value is -2.29. The van der Waals surface area contributed by atoms with Crippen LogP contribution in [0.25, 0.3) is 0 Å². The van der Waals surface area contributed by atoms with E-state index in [-0.39, 0.29) is 0 Å². The van der Waals surface area contributed by atoms with E-state index in [9.17, 15) is 18.0 Å². The van der Waals surface area contributed by atoms with E-state index < -0.39 is 17.7 Å². The monoisotopic (exact) mass is 385 g/mol. The smallest absolute Gasteiger partial charge is 0.416 e. The van der Waals surface area contributed by atoms with Gasteiger partial charge in [0.2, 0.25) is 0 Å². The number of aromatic nitrogens is 1. The largest absolute Gasteiger partial charge is 0.461 e. The zero-order valence-electron chi connectivity index (χ0n) is 14.1. The fourth-order valence-electron chi connectivity index (χ4n) is 2.73. The number of rotatable bonds is 4. The molecule has 0 bridgehead atoms. The van der Waals surface area contributed by atoms with Crippen molar-refractivity contribution < 1.29 is 22.7 Å². The first-order valence-electron chi connectivity index (χ1n) is 8.18. The van der Waals surface area contributed by atoms with Crippen LogP contribution < -0.4 is 9.80 Å². The van der Waals surface area contributed by atoms with Crippen LogP contribution in [0, 0.1) is 0 Å². The molecular weight excluding hydrogens is 367 g/mol. The second-order valence-corrected chi connectivity index (χ2v) is 6.59. The predicted octanol–water partition coefficient (Wildman–Crippen LogP) is 3.67. The molecule has 1 aliphatic heterocycles. The highest BCUT2D eigenvalue weighted by atomic mass is 32.1. The van der Waals surface area contributed by atoms with Gasteiger partial charge in [-0.1, -0.05) is 0 Å². The van der Waals surface area contributed by atoms with Crippen LogP contribution in [0.5, 0.6) is 0 Å². The van der Waals surface area contributed by atoms with Gasteiger partial charge in [0.1, 0.15) is 0 Å². The molecule has 0 N–H and O–H groups in total. The molecule has 140 valence electrons. The number of hydrogen-bond donors (Lipinski definition) is 0. The molecule has 1 fully saturated rings. The third-order valence-corrected chi connectivity index (χ3v) is 4.99. The molecule has 26 heavy (non-hydrogen) atoms. The zero-order valence-corrected chi connectivity index (χ0v) is 14.9. The van der Waals surface area contributed by atoms with E-state index in [1.165, 1.54) is 23.5 Å². The fraction of sp³-hybridized carbons (Fsp3) is 0.412. The maximum absolute atomic E-state index is 12.6. The first kappa shape index (κ1) is 18.5. The number of benzene rings is 1. The molecule has 1 saturated heterocycles. The first-order chi connectivity index (χ1) is 12.4. The van der Waals surface area contributed by atoms with E-state index in [0.717, 1.165) is 23.0 Å². The average molecular weight is 385 g/mol. The Morgan fingerprint density at radius 3 is 2.35 bits per heavy atom. The van der Waals surface area contributed by atoms with E-state index in [0.29, 0.717) is 38.5 Å². The molecule has 2 aromatic rings. The molecule has 0 atom stereocenters. The third kappa shape index (κ3) is 4.09.